The van der Waals surface area contributed by atoms with Crippen LogP contribution < -0.4 is 5.32 Å². The van der Waals surface area contributed by atoms with E-state index < -0.39 is 6.04 Å². The van der Waals surface area contributed by atoms with E-state index in [0.29, 0.717) is 28.8 Å². The zero-order valence-corrected chi connectivity index (χ0v) is 23.0. The largest absolute Gasteiger partial charge is 0.352 e. The van der Waals surface area contributed by atoms with E-state index in [2.05, 4.69) is 5.32 Å². The van der Waals surface area contributed by atoms with Crippen LogP contribution in [0.2, 0.25) is 10.0 Å². The topological polar surface area (TPSA) is 49.4 Å². The number of thioether (sulfide) groups is 1. The first-order chi connectivity index (χ1) is 17.4. The molecule has 0 saturated carbocycles. The maximum atomic E-state index is 13.6. The van der Waals surface area contributed by atoms with Gasteiger partial charge in [0.25, 0.3) is 0 Å². The number of amides is 2. The van der Waals surface area contributed by atoms with Gasteiger partial charge in [-0.2, -0.15) is 0 Å². The summed E-state index contributed by atoms with van der Waals surface area (Å²) in [7, 11) is 0. The third-order valence-corrected chi connectivity index (χ3v) is 7.40. The van der Waals surface area contributed by atoms with Gasteiger partial charge in [-0.1, -0.05) is 84.7 Å². The smallest absolute Gasteiger partial charge is 0.243 e. The van der Waals surface area contributed by atoms with Crippen molar-refractivity contribution in [1.29, 1.82) is 0 Å². The van der Waals surface area contributed by atoms with Gasteiger partial charge < -0.3 is 10.2 Å². The van der Waals surface area contributed by atoms with Crippen LogP contribution in [-0.2, 0) is 28.3 Å². The van der Waals surface area contributed by atoms with Crippen LogP contribution in [0.5, 0.6) is 0 Å². The van der Waals surface area contributed by atoms with E-state index in [0.717, 1.165) is 23.1 Å². The molecule has 0 aliphatic heterocycles. The number of carbonyl (C=O) groups is 2. The van der Waals surface area contributed by atoms with Crippen LogP contribution in [0.25, 0.3) is 0 Å². The van der Waals surface area contributed by atoms with Crippen molar-refractivity contribution >= 4 is 46.8 Å². The first-order valence-corrected chi connectivity index (χ1v) is 14.0. The number of hydrogen-bond acceptors (Lipinski definition) is 3. The maximum absolute atomic E-state index is 13.6. The Bertz CT molecular complexity index is 1130. The molecule has 2 atom stereocenters. The van der Waals surface area contributed by atoms with Gasteiger partial charge in [-0.15, -0.1) is 11.8 Å². The number of benzene rings is 3. The molecule has 0 radical (unpaired) electrons. The Morgan fingerprint density at radius 1 is 0.889 bits per heavy atom. The van der Waals surface area contributed by atoms with Gasteiger partial charge in [-0.25, -0.2) is 0 Å². The summed E-state index contributed by atoms with van der Waals surface area (Å²) in [6.45, 7) is 4.32. The molecule has 2 amide bonds. The predicted octanol–water partition coefficient (Wildman–Crippen LogP) is 6.78. The molecule has 1 N–H and O–H groups in total. The number of nitrogens with one attached hydrogen (secondary N) is 1. The molecule has 7 heteroatoms. The SMILES string of the molecule is CC[C@H](C)NC(=O)[C@@H](Cc1ccccc1)N(Cc1ccc(Cl)cc1)C(=O)CSCc1cccc(Cl)c1. The Hall–Kier alpha value is -2.47. The normalized spacial score (nSPS) is 12.6. The Morgan fingerprint density at radius 2 is 1.58 bits per heavy atom. The van der Waals surface area contributed by atoms with E-state index in [1.165, 1.54) is 11.8 Å². The minimum atomic E-state index is -0.642. The van der Waals surface area contributed by atoms with Crippen molar-refractivity contribution < 1.29 is 9.59 Å². The molecular weight excluding hydrogens is 511 g/mol. The number of rotatable bonds is 12. The van der Waals surface area contributed by atoms with Crippen molar-refractivity contribution in [1.82, 2.24) is 10.2 Å². The molecule has 190 valence electrons. The molecule has 0 aliphatic carbocycles. The molecule has 3 aromatic carbocycles. The zero-order valence-electron chi connectivity index (χ0n) is 20.6. The summed E-state index contributed by atoms with van der Waals surface area (Å²) in [6, 6.07) is 24.2. The molecule has 0 aromatic heterocycles. The highest BCUT2D eigenvalue weighted by Crippen LogP contribution is 2.21. The second kappa shape index (κ2) is 14.3. The van der Waals surface area contributed by atoms with E-state index in [1.807, 2.05) is 80.6 Å². The summed E-state index contributed by atoms with van der Waals surface area (Å²) in [5, 5.41) is 4.40. The van der Waals surface area contributed by atoms with Crippen LogP contribution in [-0.4, -0.2) is 34.6 Å². The minimum absolute atomic E-state index is 0.0143. The summed E-state index contributed by atoms with van der Waals surface area (Å²) in [6.07, 6.45) is 1.24. The quantitative estimate of drug-likeness (QED) is 0.274. The van der Waals surface area contributed by atoms with Crippen molar-refractivity contribution in [3.63, 3.8) is 0 Å². The van der Waals surface area contributed by atoms with Crippen LogP contribution in [0.15, 0.2) is 78.9 Å². The van der Waals surface area contributed by atoms with Gasteiger partial charge in [-0.05, 0) is 54.3 Å². The van der Waals surface area contributed by atoms with Crippen LogP contribution in [0.3, 0.4) is 0 Å². The van der Waals surface area contributed by atoms with Crippen molar-refractivity contribution in [2.75, 3.05) is 5.75 Å². The van der Waals surface area contributed by atoms with Gasteiger partial charge in [0.2, 0.25) is 11.8 Å². The lowest BCUT2D eigenvalue weighted by Crippen LogP contribution is -2.52. The fraction of sp³-hybridized carbons (Fsp3) is 0.310. The molecule has 0 fully saturated rings. The monoisotopic (exact) mass is 542 g/mol. The molecule has 3 aromatic rings. The van der Waals surface area contributed by atoms with Crippen molar-refractivity contribution in [3.05, 3.63) is 106 Å². The summed E-state index contributed by atoms with van der Waals surface area (Å²) in [5.74, 6) is 0.679. The first kappa shape index (κ1) is 28.1. The molecular formula is C29H32Cl2N2O2S. The molecule has 0 heterocycles. The van der Waals surface area contributed by atoms with Crippen molar-refractivity contribution in [2.24, 2.45) is 0 Å². The minimum Gasteiger partial charge on any atom is -0.352 e. The fourth-order valence-corrected chi connectivity index (χ4v) is 4.94. The standard InChI is InChI=1S/C29H32Cl2N2O2S/c1-3-21(2)32-29(35)27(17-22-8-5-4-6-9-22)33(18-23-12-14-25(30)15-13-23)28(34)20-36-19-24-10-7-11-26(31)16-24/h4-16,21,27H,3,17-20H2,1-2H3,(H,32,35)/t21-,27+/m0/s1. The van der Waals surface area contributed by atoms with Crippen LogP contribution in [0, 0.1) is 0 Å². The predicted molar refractivity (Wildman–Crippen MR) is 151 cm³/mol. The average molecular weight is 544 g/mol. The summed E-state index contributed by atoms with van der Waals surface area (Å²) < 4.78 is 0. The van der Waals surface area contributed by atoms with E-state index in [-0.39, 0.29) is 23.6 Å². The lowest BCUT2D eigenvalue weighted by Gasteiger charge is -2.32. The highest BCUT2D eigenvalue weighted by molar-refractivity contribution is 7.99. The lowest BCUT2D eigenvalue weighted by molar-refractivity contribution is -0.139. The second-order valence-electron chi connectivity index (χ2n) is 8.79. The summed E-state index contributed by atoms with van der Waals surface area (Å²) in [5.41, 5.74) is 2.98. The van der Waals surface area contributed by atoms with Gasteiger partial charge in [0, 0.05) is 34.8 Å². The third kappa shape index (κ3) is 8.88. The Labute approximate surface area is 228 Å². The zero-order chi connectivity index (χ0) is 25.9. The molecule has 0 bridgehead atoms. The number of carbonyl (C=O) groups excluding carboxylic acids is 2. The number of hydrogen-bond donors (Lipinski definition) is 1. The summed E-state index contributed by atoms with van der Waals surface area (Å²) in [4.78, 5) is 28.8. The van der Waals surface area contributed by atoms with Crippen molar-refractivity contribution in [3.8, 4) is 0 Å². The molecule has 0 unspecified atom stereocenters. The highest BCUT2D eigenvalue weighted by Gasteiger charge is 2.30. The summed E-state index contributed by atoms with van der Waals surface area (Å²) >= 11 is 13.7. The average Bonchev–Trinajstić information content (AvgIpc) is 2.87. The van der Waals surface area contributed by atoms with Crippen LogP contribution in [0.1, 0.15) is 37.0 Å². The van der Waals surface area contributed by atoms with E-state index in [4.69, 9.17) is 23.2 Å². The molecule has 0 aliphatic rings. The van der Waals surface area contributed by atoms with E-state index in [9.17, 15) is 9.59 Å². The van der Waals surface area contributed by atoms with Crippen molar-refractivity contribution in [2.45, 2.75) is 51.1 Å². The number of halogens is 2. The molecule has 3 rings (SSSR count). The second-order valence-corrected chi connectivity index (χ2v) is 10.7. The number of nitrogens with zero attached hydrogens (tertiary/aromatic N) is 1. The van der Waals surface area contributed by atoms with Gasteiger partial charge >= 0.3 is 0 Å². The van der Waals surface area contributed by atoms with Gasteiger partial charge in [0.05, 0.1) is 5.75 Å². The van der Waals surface area contributed by atoms with E-state index in [1.54, 1.807) is 17.0 Å². The first-order valence-electron chi connectivity index (χ1n) is 12.1. The fourth-order valence-electron chi connectivity index (χ4n) is 3.75. The lowest BCUT2D eigenvalue weighted by atomic mass is 10.0. The maximum Gasteiger partial charge on any atom is 0.243 e. The van der Waals surface area contributed by atoms with E-state index >= 15 is 0 Å². The molecule has 0 spiro atoms. The van der Waals surface area contributed by atoms with Crippen LogP contribution >= 0.6 is 35.0 Å². The third-order valence-electron chi connectivity index (χ3n) is 5.92. The molecule has 0 saturated heterocycles. The van der Waals surface area contributed by atoms with Crippen LogP contribution in [0.4, 0.5) is 0 Å². The van der Waals surface area contributed by atoms with Gasteiger partial charge in [0.15, 0.2) is 0 Å². The Balaban J connectivity index is 1.85. The molecule has 36 heavy (non-hydrogen) atoms. The van der Waals surface area contributed by atoms with Gasteiger partial charge in [0.1, 0.15) is 6.04 Å². The Morgan fingerprint density at radius 3 is 2.25 bits per heavy atom. The Kier molecular flexibility index (Phi) is 11.2. The molecule has 4 nitrogen and oxygen atoms in total. The highest BCUT2D eigenvalue weighted by atomic mass is 35.5. The van der Waals surface area contributed by atoms with Gasteiger partial charge in [-0.3, -0.25) is 9.59 Å².